The summed E-state index contributed by atoms with van der Waals surface area (Å²) < 4.78 is 28.1. The second kappa shape index (κ2) is 5.79. The molecule has 0 saturated heterocycles. The summed E-state index contributed by atoms with van der Waals surface area (Å²) in [5, 5.41) is 0. The first kappa shape index (κ1) is 15.7. The minimum Gasteiger partial charge on any atom is -0.294 e. The van der Waals surface area contributed by atoms with Crippen LogP contribution < -0.4 is 0 Å². The highest BCUT2D eigenvalue weighted by atomic mass is 19.1. The number of rotatable bonds is 5. The topological polar surface area (TPSA) is 17.1 Å². The monoisotopic (exact) mass is 302 g/mol. The molecule has 1 aromatic rings. The highest BCUT2D eigenvalue weighted by Crippen LogP contribution is 2.57. The van der Waals surface area contributed by atoms with E-state index in [0.717, 1.165) is 5.92 Å². The Kier molecular flexibility index (Phi) is 4.13. The quantitative estimate of drug-likeness (QED) is 0.590. The fraction of sp³-hybridized carbons (Fsp3) is 0.611. The van der Waals surface area contributed by atoms with E-state index in [0.29, 0.717) is 23.3 Å². The van der Waals surface area contributed by atoms with Gasteiger partial charge in [0.1, 0.15) is 11.6 Å². The van der Waals surface area contributed by atoms with Crippen LogP contribution in [0.2, 0.25) is 0 Å². The van der Waals surface area contributed by atoms with Crippen molar-refractivity contribution in [1.82, 2.24) is 0 Å². The van der Waals surface area contributed by atoms with Crippen LogP contribution in [0, 0.1) is 41.2 Å². The number of Topliss-reactive ketones (excluding diaryl/α,β-unsaturated/α-hetero) is 1. The summed E-state index contributed by atoms with van der Waals surface area (Å²) in [6, 6.07) is 2.34. The van der Waals surface area contributed by atoms with Gasteiger partial charge in [0.25, 0.3) is 0 Å². The minimum atomic E-state index is -0.784. The van der Waals surface area contributed by atoms with Crippen LogP contribution in [0.25, 0.3) is 0 Å². The molecule has 0 aromatic heterocycles. The van der Waals surface area contributed by atoms with Gasteiger partial charge in [0, 0.05) is 6.42 Å². The van der Waals surface area contributed by atoms with Crippen molar-refractivity contribution in [2.75, 3.05) is 0 Å². The number of carbonyl (C=O) groups is 1. The van der Waals surface area contributed by atoms with E-state index in [9.17, 15) is 13.6 Å². The van der Waals surface area contributed by atoms with Gasteiger partial charge in [-0.05, 0) is 54.6 Å². The smallest absolute Gasteiger partial charge is 0.169 e. The van der Waals surface area contributed by atoms with E-state index in [4.69, 9.17) is 7.85 Å². The first-order chi connectivity index (χ1) is 10.4. The second-order valence-electron chi connectivity index (χ2n) is 7.06. The molecule has 2 saturated carbocycles. The van der Waals surface area contributed by atoms with E-state index in [-0.39, 0.29) is 18.7 Å². The van der Waals surface area contributed by atoms with E-state index in [1.54, 1.807) is 0 Å². The molecule has 0 spiro atoms. The Bertz CT molecular complexity index is 574. The van der Waals surface area contributed by atoms with E-state index in [1.165, 1.54) is 25.0 Å². The average Bonchev–Trinajstić information content (AvgIpc) is 3.29. The highest BCUT2D eigenvalue weighted by molar-refractivity contribution is 6.08. The van der Waals surface area contributed by atoms with Crippen LogP contribution in [0.1, 0.15) is 49.0 Å². The van der Waals surface area contributed by atoms with Crippen LogP contribution in [0.15, 0.2) is 12.1 Å². The molecule has 0 aliphatic heterocycles. The lowest BCUT2D eigenvalue weighted by Gasteiger charge is -2.50. The molecule has 116 valence electrons. The van der Waals surface area contributed by atoms with Gasteiger partial charge in [0.15, 0.2) is 5.78 Å². The van der Waals surface area contributed by atoms with Crippen LogP contribution in [-0.2, 0) is 6.32 Å². The third kappa shape index (κ3) is 2.61. The van der Waals surface area contributed by atoms with Gasteiger partial charge < -0.3 is 0 Å². The van der Waals surface area contributed by atoms with Crippen molar-refractivity contribution < 1.29 is 13.6 Å². The summed E-state index contributed by atoms with van der Waals surface area (Å²) in [5.74, 6) is 0.619. The maximum Gasteiger partial charge on any atom is 0.169 e. The molecule has 2 aliphatic rings. The van der Waals surface area contributed by atoms with Gasteiger partial charge in [0.05, 0.1) is 13.4 Å². The first-order valence-corrected chi connectivity index (χ1v) is 8.15. The Morgan fingerprint density at radius 2 is 1.77 bits per heavy atom. The fourth-order valence-corrected chi connectivity index (χ4v) is 4.24. The van der Waals surface area contributed by atoms with Crippen molar-refractivity contribution in [2.24, 2.45) is 29.6 Å². The maximum absolute atomic E-state index is 14.0. The lowest BCUT2D eigenvalue weighted by atomic mass is 9.55. The molecule has 4 heteroatoms. The summed E-state index contributed by atoms with van der Waals surface area (Å²) >= 11 is 0. The molecule has 0 bridgehead atoms. The van der Waals surface area contributed by atoms with Crippen molar-refractivity contribution in [3.05, 3.63) is 34.9 Å². The highest BCUT2D eigenvalue weighted by Gasteiger charge is 2.52. The zero-order chi connectivity index (χ0) is 16.0. The van der Waals surface area contributed by atoms with Gasteiger partial charge >= 0.3 is 0 Å². The number of benzene rings is 1. The largest absolute Gasteiger partial charge is 0.294 e. The van der Waals surface area contributed by atoms with Crippen molar-refractivity contribution in [3.8, 4) is 0 Å². The number of ketones is 1. The fourth-order valence-electron chi connectivity index (χ4n) is 4.24. The Hall–Kier alpha value is -1.19. The molecule has 2 radical (unpaired) electrons. The van der Waals surface area contributed by atoms with E-state index in [2.05, 4.69) is 13.8 Å². The number of hydrogen-bond acceptors (Lipinski definition) is 1. The molecule has 2 fully saturated rings. The third-order valence-corrected chi connectivity index (χ3v) is 5.81. The zero-order valence-corrected chi connectivity index (χ0v) is 13.1. The second-order valence-corrected chi connectivity index (χ2v) is 7.06. The first-order valence-electron chi connectivity index (χ1n) is 8.15. The predicted octanol–water partition coefficient (Wildman–Crippen LogP) is 4.13. The van der Waals surface area contributed by atoms with E-state index < -0.39 is 23.0 Å². The van der Waals surface area contributed by atoms with Crippen molar-refractivity contribution in [1.29, 1.82) is 0 Å². The summed E-state index contributed by atoms with van der Waals surface area (Å²) in [6.45, 7) is 4.37. The third-order valence-electron chi connectivity index (χ3n) is 5.81. The average molecular weight is 302 g/mol. The van der Waals surface area contributed by atoms with Crippen molar-refractivity contribution >= 4 is 13.6 Å². The predicted molar refractivity (Wildman–Crippen MR) is 82.8 cm³/mol. The number of carbonyl (C=O) groups excluding carboxylic acids is 1. The molecule has 3 unspecified atom stereocenters. The Balaban J connectivity index is 1.77. The van der Waals surface area contributed by atoms with E-state index >= 15 is 0 Å². The van der Waals surface area contributed by atoms with Crippen LogP contribution in [0.5, 0.6) is 0 Å². The number of halogens is 2. The molecule has 0 amide bonds. The normalized spacial score (nSPS) is 30.9. The molecule has 22 heavy (non-hydrogen) atoms. The van der Waals surface area contributed by atoms with Crippen LogP contribution >= 0.6 is 0 Å². The Morgan fingerprint density at radius 3 is 2.27 bits per heavy atom. The minimum absolute atomic E-state index is 0.0588. The lowest BCUT2D eigenvalue weighted by Crippen LogP contribution is -2.46. The summed E-state index contributed by atoms with van der Waals surface area (Å²) in [6.07, 6.45) is 2.78. The van der Waals surface area contributed by atoms with Crippen LogP contribution in [0.3, 0.4) is 0 Å². The summed E-state index contributed by atoms with van der Waals surface area (Å²) in [7, 11) is 5.40. The molecule has 1 nitrogen and oxygen atoms in total. The lowest BCUT2D eigenvalue weighted by molar-refractivity contribution is -0.0155. The van der Waals surface area contributed by atoms with Gasteiger partial charge in [-0.15, -0.1) is 0 Å². The molecule has 2 aliphatic carbocycles. The van der Waals surface area contributed by atoms with Gasteiger partial charge in [-0.3, -0.25) is 4.79 Å². The molecular weight excluding hydrogens is 281 g/mol. The SMILES string of the molecule is [B]Cc1cc(F)c(C(=O)C[C@H]2C(C)C(C)C2C2CC2)c(F)c1. The molecule has 3 rings (SSSR count). The molecule has 1 aromatic carbocycles. The van der Waals surface area contributed by atoms with Gasteiger partial charge in [-0.1, -0.05) is 25.7 Å². The van der Waals surface area contributed by atoms with Gasteiger partial charge in [-0.25, -0.2) is 8.78 Å². The van der Waals surface area contributed by atoms with Crippen LogP contribution in [-0.4, -0.2) is 13.6 Å². The van der Waals surface area contributed by atoms with Crippen LogP contribution in [0.4, 0.5) is 8.78 Å². The standard InChI is InChI=1S/C18H21BF2O/c1-9-10(2)17(12-3-4-12)13(9)7-16(22)18-14(20)5-11(8-19)6-15(18)21/h5-6,9-10,12-13,17H,3-4,7-8H2,1-2H3/t9?,10?,13-,17?/m0/s1. The van der Waals surface area contributed by atoms with Gasteiger partial charge in [0.2, 0.25) is 0 Å². The van der Waals surface area contributed by atoms with Crippen molar-refractivity contribution in [2.45, 2.75) is 39.4 Å². The van der Waals surface area contributed by atoms with Gasteiger partial charge in [-0.2, -0.15) is 0 Å². The Morgan fingerprint density at radius 1 is 1.18 bits per heavy atom. The Labute approximate surface area is 131 Å². The molecule has 0 N–H and O–H groups in total. The summed E-state index contributed by atoms with van der Waals surface area (Å²) in [4.78, 5) is 12.4. The number of hydrogen-bond donors (Lipinski definition) is 0. The maximum atomic E-state index is 14.0. The van der Waals surface area contributed by atoms with E-state index in [1.807, 2.05) is 0 Å². The van der Waals surface area contributed by atoms with Crippen molar-refractivity contribution in [3.63, 3.8) is 0 Å². The summed E-state index contributed by atoms with van der Waals surface area (Å²) in [5.41, 5.74) is -0.0217. The molecular formula is C18H21BF2O. The zero-order valence-electron chi connectivity index (χ0n) is 13.1. The molecule has 0 heterocycles. The molecule has 4 atom stereocenters.